The Morgan fingerprint density at radius 3 is 2.85 bits per heavy atom. The van der Waals surface area contributed by atoms with Crippen LogP contribution >= 0.6 is 0 Å². The Hall–Kier alpha value is -1.87. The maximum Gasteiger partial charge on any atom is 0.219 e. The molecule has 1 aromatic heterocycles. The van der Waals surface area contributed by atoms with E-state index in [-0.39, 0.29) is 0 Å². The molecule has 0 radical (unpaired) electrons. The lowest BCUT2D eigenvalue weighted by atomic mass is 9.99. The zero-order chi connectivity index (χ0) is 13.8. The fourth-order valence-electron chi connectivity index (χ4n) is 2.59. The highest BCUT2D eigenvalue weighted by Gasteiger charge is 2.14. The number of rotatable bonds is 3. The number of hydrogen-bond acceptors (Lipinski definition) is 3. The number of piperidine rings is 1. The van der Waals surface area contributed by atoms with E-state index >= 15 is 0 Å². The van der Waals surface area contributed by atoms with Gasteiger partial charge < -0.3 is 10.1 Å². The molecular formula is C17H20N2O. The Bertz CT molecular complexity index is 559. The number of hydrogen-bond donors (Lipinski definition) is 1. The highest BCUT2D eigenvalue weighted by molar-refractivity contribution is 5.31. The van der Waals surface area contributed by atoms with Crippen LogP contribution in [-0.2, 0) is 0 Å². The summed E-state index contributed by atoms with van der Waals surface area (Å²) in [6.07, 6.45) is 5.69. The third-order valence-electron chi connectivity index (χ3n) is 3.68. The number of benzene rings is 1. The van der Waals surface area contributed by atoms with Crippen molar-refractivity contribution in [1.82, 2.24) is 10.3 Å². The summed E-state index contributed by atoms with van der Waals surface area (Å²) in [6, 6.07) is 12.5. The van der Waals surface area contributed by atoms with Crippen LogP contribution in [0.5, 0.6) is 11.6 Å². The minimum Gasteiger partial charge on any atom is -0.439 e. The van der Waals surface area contributed by atoms with Gasteiger partial charge in [0, 0.05) is 18.3 Å². The number of ether oxygens (including phenoxy) is 1. The lowest BCUT2D eigenvalue weighted by Crippen LogP contribution is -2.26. The first-order valence-electron chi connectivity index (χ1n) is 7.25. The van der Waals surface area contributed by atoms with Crippen LogP contribution in [-0.4, -0.2) is 11.5 Å². The molecule has 0 amide bonds. The normalized spacial score (nSPS) is 18.8. The second kappa shape index (κ2) is 6.06. The van der Waals surface area contributed by atoms with Crippen molar-refractivity contribution in [3.05, 3.63) is 53.7 Å². The number of nitrogens with one attached hydrogen (secondary N) is 1. The van der Waals surface area contributed by atoms with Gasteiger partial charge in [-0.2, -0.15) is 0 Å². The summed E-state index contributed by atoms with van der Waals surface area (Å²) in [5, 5.41) is 3.53. The second-order valence-electron chi connectivity index (χ2n) is 5.35. The third-order valence-corrected chi connectivity index (χ3v) is 3.68. The third kappa shape index (κ3) is 3.17. The molecule has 3 rings (SSSR count). The van der Waals surface area contributed by atoms with Crippen LogP contribution < -0.4 is 10.1 Å². The Balaban J connectivity index is 1.69. The summed E-state index contributed by atoms with van der Waals surface area (Å²) in [6.45, 7) is 3.16. The molecule has 1 atom stereocenters. The first-order valence-corrected chi connectivity index (χ1v) is 7.25. The van der Waals surface area contributed by atoms with Crippen LogP contribution in [0.3, 0.4) is 0 Å². The standard InChI is InChI=1S/C17H20N2O/c1-13-5-4-6-15(11-13)20-17-9-8-14(12-19-17)16-7-2-3-10-18-16/h4-6,8-9,11-12,16,18H,2-3,7,10H2,1H3/t16-/m1/s1. The van der Waals surface area contributed by atoms with Gasteiger partial charge in [-0.25, -0.2) is 4.98 Å². The van der Waals surface area contributed by atoms with Crippen molar-refractivity contribution in [3.8, 4) is 11.6 Å². The molecule has 1 saturated heterocycles. The predicted octanol–water partition coefficient (Wildman–Crippen LogP) is 4.00. The summed E-state index contributed by atoms with van der Waals surface area (Å²) in [4.78, 5) is 4.42. The number of aryl methyl sites for hydroxylation is 1. The molecule has 0 unspecified atom stereocenters. The fourth-order valence-corrected chi connectivity index (χ4v) is 2.59. The smallest absolute Gasteiger partial charge is 0.219 e. The molecule has 104 valence electrons. The summed E-state index contributed by atoms with van der Waals surface area (Å²) < 4.78 is 5.77. The van der Waals surface area contributed by atoms with Gasteiger partial charge in [0.2, 0.25) is 5.88 Å². The molecule has 0 saturated carbocycles. The van der Waals surface area contributed by atoms with E-state index in [1.165, 1.54) is 30.4 Å². The highest BCUT2D eigenvalue weighted by Crippen LogP contribution is 2.25. The highest BCUT2D eigenvalue weighted by atomic mass is 16.5. The van der Waals surface area contributed by atoms with Crippen LogP contribution in [0, 0.1) is 6.92 Å². The molecule has 20 heavy (non-hydrogen) atoms. The van der Waals surface area contributed by atoms with E-state index in [4.69, 9.17) is 4.74 Å². The van der Waals surface area contributed by atoms with Crippen LogP contribution in [0.15, 0.2) is 42.6 Å². The second-order valence-corrected chi connectivity index (χ2v) is 5.35. The Morgan fingerprint density at radius 2 is 2.15 bits per heavy atom. The van der Waals surface area contributed by atoms with Crippen molar-refractivity contribution in [2.75, 3.05) is 6.54 Å². The van der Waals surface area contributed by atoms with E-state index in [0.29, 0.717) is 11.9 Å². The molecule has 1 fully saturated rings. The van der Waals surface area contributed by atoms with Crippen LogP contribution in [0.1, 0.15) is 36.4 Å². The summed E-state index contributed by atoms with van der Waals surface area (Å²) in [7, 11) is 0. The lowest BCUT2D eigenvalue weighted by molar-refractivity contribution is 0.409. The average Bonchev–Trinajstić information content (AvgIpc) is 2.49. The molecule has 3 nitrogen and oxygen atoms in total. The summed E-state index contributed by atoms with van der Waals surface area (Å²) in [5.74, 6) is 1.48. The minimum atomic E-state index is 0.448. The molecule has 1 N–H and O–H groups in total. The molecule has 1 aromatic carbocycles. The van der Waals surface area contributed by atoms with Crippen molar-refractivity contribution in [2.45, 2.75) is 32.2 Å². The van der Waals surface area contributed by atoms with Gasteiger partial charge >= 0.3 is 0 Å². The molecule has 0 bridgehead atoms. The number of aromatic nitrogens is 1. The van der Waals surface area contributed by atoms with Gasteiger partial charge in [0.15, 0.2) is 0 Å². The van der Waals surface area contributed by atoms with Gasteiger partial charge in [-0.3, -0.25) is 0 Å². The van der Waals surface area contributed by atoms with Crippen LogP contribution in [0.4, 0.5) is 0 Å². The van der Waals surface area contributed by atoms with Gasteiger partial charge in [-0.05, 0) is 49.6 Å². The molecule has 2 heterocycles. The van der Waals surface area contributed by atoms with Gasteiger partial charge in [0.25, 0.3) is 0 Å². The summed E-state index contributed by atoms with van der Waals surface area (Å²) in [5.41, 5.74) is 2.44. The van der Waals surface area contributed by atoms with Crippen LogP contribution in [0.25, 0.3) is 0 Å². The van der Waals surface area contributed by atoms with E-state index in [1.807, 2.05) is 30.5 Å². The lowest BCUT2D eigenvalue weighted by Gasteiger charge is -2.23. The van der Waals surface area contributed by atoms with Gasteiger partial charge in [0.1, 0.15) is 5.75 Å². The topological polar surface area (TPSA) is 34.1 Å². The first kappa shape index (κ1) is 13.1. The molecule has 1 aliphatic rings. The summed E-state index contributed by atoms with van der Waals surface area (Å²) >= 11 is 0. The molecule has 3 heteroatoms. The van der Waals surface area contributed by atoms with E-state index in [2.05, 4.69) is 29.4 Å². The molecule has 0 aliphatic carbocycles. The van der Waals surface area contributed by atoms with Gasteiger partial charge in [-0.15, -0.1) is 0 Å². The van der Waals surface area contributed by atoms with Crippen LogP contribution in [0.2, 0.25) is 0 Å². The zero-order valence-corrected chi connectivity index (χ0v) is 11.8. The quantitative estimate of drug-likeness (QED) is 0.913. The first-order chi connectivity index (χ1) is 9.81. The Kier molecular flexibility index (Phi) is 3.97. The van der Waals surface area contributed by atoms with E-state index in [9.17, 15) is 0 Å². The molecular weight excluding hydrogens is 248 g/mol. The van der Waals surface area contributed by atoms with E-state index in [1.54, 1.807) is 0 Å². The maximum absolute atomic E-state index is 5.77. The van der Waals surface area contributed by atoms with E-state index in [0.717, 1.165) is 12.3 Å². The van der Waals surface area contributed by atoms with Crippen molar-refractivity contribution in [3.63, 3.8) is 0 Å². The molecule has 0 spiro atoms. The van der Waals surface area contributed by atoms with Crippen molar-refractivity contribution in [2.24, 2.45) is 0 Å². The number of nitrogens with zero attached hydrogens (tertiary/aromatic N) is 1. The Morgan fingerprint density at radius 1 is 1.20 bits per heavy atom. The maximum atomic E-state index is 5.77. The van der Waals surface area contributed by atoms with Gasteiger partial charge in [-0.1, -0.05) is 24.6 Å². The van der Waals surface area contributed by atoms with Crippen molar-refractivity contribution in [1.29, 1.82) is 0 Å². The van der Waals surface area contributed by atoms with E-state index < -0.39 is 0 Å². The minimum absolute atomic E-state index is 0.448. The van der Waals surface area contributed by atoms with Crippen molar-refractivity contribution < 1.29 is 4.74 Å². The number of pyridine rings is 1. The molecule has 1 aliphatic heterocycles. The van der Waals surface area contributed by atoms with Crippen molar-refractivity contribution >= 4 is 0 Å². The SMILES string of the molecule is Cc1cccc(Oc2ccc([C@H]3CCCCN3)cn2)c1. The molecule has 2 aromatic rings. The van der Waals surface area contributed by atoms with Gasteiger partial charge in [0.05, 0.1) is 0 Å². The largest absolute Gasteiger partial charge is 0.439 e. The average molecular weight is 268 g/mol. The predicted molar refractivity (Wildman–Crippen MR) is 80.1 cm³/mol. The Labute approximate surface area is 120 Å². The zero-order valence-electron chi connectivity index (χ0n) is 11.8. The fraction of sp³-hybridized carbons (Fsp3) is 0.353. The monoisotopic (exact) mass is 268 g/mol.